The third kappa shape index (κ3) is 3.01. The second kappa shape index (κ2) is 8.30. The molecule has 2 aromatic heterocycles. The Morgan fingerprint density at radius 2 is 1.16 bits per heavy atom. The summed E-state index contributed by atoms with van der Waals surface area (Å²) < 4.78 is 2.37. The second-order valence-electron chi connectivity index (χ2n) is 12.6. The third-order valence-electron chi connectivity index (χ3n) is 9.94. The van der Waals surface area contributed by atoms with E-state index in [9.17, 15) is 0 Å². The molecule has 44 heavy (non-hydrogen) atoms. The van der Waals surface area contributed by atoms with E-state index in [0.29, 0.717) is 0 Å². The van der Waals surface area contributed by atoms with Crippen molar-refractivity contribution in [2.45, 2.75) is 19.3 Å². The molecule has 0 saturated carbocycles. The third-order valence-corrected chi connectivity index (χ3v) is 9.94. The maximum absolute atomic E-state index is 5.31. The van der Waals surface area contributed by atoms with Gasteiger partial charge in [0.1, 0.15) is 5.69 Å². The van der Waals surface area contributed by atoms with Gasteiger partial charge in [0, 0.05) is 27.3 Å². The van der Waals surface area contributed by atoms with Gasteiger partial charge in [-0.3, -0.25) is 4.57 Å². The predicted octanol–water partition coefficient (Wildman–Crippen LogP) is 10.3. The summed E-state index contributed by atoms with van der Waals surface area (Å²) in [4.78, 5) is 10.6. The Hall–Kier alpha value is -5.54. The molecular weight excluding hydrogens is 534 g/mol. The van der Waals surface area contributed by atoms with Crippen LogP contribution in [0.1, 0.15) is 25.0 Å². The van der Waals surface area contributed by atoms with Gasteiger partial charge < -0.3 is 0 Å². The lowest BCUT2D eigenvalue weighted by atomic mass is 9.82. The van der Waals surface area contributed by atoms with Crippen molar-refractivity contribution in [2.24, 2.45) is 0 Å². The van der Waals surface area contributed by atoms with Crippen molar-refractivity contribution in [3.05, 3.63) is 139 Å². The highest BCUT2D eigenvalue weighted by Crippen LogP contribution is 2.50. The molecule has 206 valence electrons. The van der Waals surface area contributed by atoms with E-state index in [1.54, 1.807) is 0 Å². The minimum Gasteiger partial charge on any atom is -0.291 e. The van der Waals surface area contributed by atoms with Crippen LogP contribution in [-0.2, 0) is 5.41 Å². The van der Waals surface area contributed by atoms with Gasteiger partial charge in [0.2, 0.25) is 0 Å². The Morgan fingerprint density at radius 3 is 2.02 bits per heavy atom. The lowest BCUT2D eigenvalue weighted by Gasteiger charge is -2.21. The summed E-state index contributed by atoms with van der Waals surface area (Å²) in [7, 11) is 0. The molecule has 0 unspecified atom stereocenters. The van der Waals surface area contributed by atoms with Gasteiger partial charge >= 0.3 is 0 Å². The summed E-state index contributed by atoms with van der Waals surface area (Å²) in [5, 5.41) is 2.45. The molecular formula is C41H27N3. The summed E-state index contributed by atoms with van der Waals surface area (Å²) in [6, 6.07) is 46.3. The van der Waals surface area contributed by atoms with Crippen molar-refractivity contribution in [3.8, 4) is 50.5 Å². The average molecular weight is 562 g/mol. The highest BCUT2D eigenvalue weighted by Gasteiger charge is 2.35. The normalized spacial score (nSPS) is 13.9. The van der Waals surface area contributed by atoms with Gasteiger partial charge in [-0.2, -0.15) is 0 Å². The van der Waals surface area contributed by atoms with Crippen LogP contribution < -0.4 is 0 Å². The molecule has 0 radical (unpaired) electrons. The Bertz CT molecular complexity index is 2530. The zero-order valence-corrected chi connectivity index (χ0v) is 24.5. The number of fused-ring (bicyclic) bond motifs is 12. The fourth-order valence-corrected chi connectivity index (χ4v) is 7.84. The monoisotopic (exact) mass is 561 g/mol. The lowest BCUT2D eigenvalue weighted by Crippen LogP contribution is -2.14. The van der Waals surface area contributed by atoms with Crippen LogP contribution in [-0.4, -0.2) is 14.5 Å². The number of hydrogen-bond acceptors (Lipinski definition) is 2. The number of nitrogens with zero attached hydrogens (tertiary/aromatic N) is 3. The molecule has 1 aliphatic heterocycles. The molecule has 0 fully saturated rings. The van der Waals surface area contributed by atoms with Gasteiger partial charge in [-0.25, -0.2) is 9.97 Å². The minimum atomic E-state index is -0.00729. The summed E-state index contributed by atoms with van der Waals surface area (Å²) in [6.45, 7) is 4.67. The first-order valence-corrected chi connectivity index (χ1v) is 15.3. The molecule has 8 aromatic rings. The fraction of sp³-hybridized carbons (Fsp3) is 0.0732. The number of benzene rings is 6. The zero-order valence-electron chi connectivity index (χ0n) is 24.5. The topological polar surface area (TPSA) is 30.7 Å². The van der Waals surface area contributed by atoms with E-state index < -0.39 is 0 Å². The molecule has 0 atom stereocenters. The maximum atomic E-state index is 5.31. The Morgan fingerprint density at radius 1 is 0.500 bits per heavy atom. The predicted molar refractivity (Wildman–Crippen MR) is 181 cm³/mol. The Kier molecular flexibility index (Phi) is 4.52. The number of rotatable bonds is 1. The van der Waals surface area contributed by atoms with Crippen LogP contribution in [0.3, 0.4) is 0 Å². The zero-order chi connectivity index (χ0) is 29.2. The molecule has 0 amide bonds. The number of para-hydroxylation sites is 3. The first-order chi connectivity index (χ1) is 21.6. The fourth-order valence-electron chi connectivity index (χ4n) is 7.84. The van der Waals surface area contributed by atoms with Gasteiger partial charge in [0.05, 0.1) is 22.1 Å². The molecule has 6 aromatic carbocycles. The van der Waals surface area contributed by atoms with Crippen LogP contribution in [0, 0.1) is 0 Å². The Balaban J connectivity index is 1.29. The van der Waals surface area contributed by atoms with Gasteiger partial charge in [-0.1, -0.05) is 117 Å². The molecule has 0 bridgehead atoms. The molecule has 3 heteroatoms. The van der Waals surface area contributed by atoms with Crippen LogP contribution in [0.5, 0.6) is 0 Å². The van der Waals surface area contributed by atoms with Gasteiger partial charge in [-0.05, 0) is 63.2 Å². The van der Waals surface area contributed by atoms with E-state index in [2.05, 4.69) is 134 Å². The van der Waals surface area contributed by atoms with Crippen molar-refractivity contribution in [1.29, 1.82) is 0 Å². The minimum absolute atomic E-state index is 0.00729. The van der Waals surface area contributed by atoms with Crippen LogP contribution in [0.4, 0.5) is 0 Å². The van der Waals surface area contributed by atoms with Crippen molar-refractivity contribution < 1.29 is 0 Å². The molecule has 3 nitrogen and oxygen atoms in total. The first kappa shape index (κ1) is 24.0. The first-order valence-electron chi connectivity index (χ1n) is 15.3. The summed E-state index contributed by atoms with van der Waals surface area (Å²) in [5.41, 5.74) is 16.4. The average Bonchev–Trinajstić information content (AvgIpc) is 3.47. The molecule has 0 N–H and O–H groups in total. The summed E-state index contributed by atoms with van der Waals surface area (Å²) in [5.74, 6) is 0.878. The van der Waals surface area contributed by atoms with Crippen molar-refractivity contribution in [2.75, 3.05) is 0 Å². The van der Waals surface area contributed by atoms with Gasteiger partial charge in [0.25, 0.3) is 0 Å². The van der Waals surface area contributed by atoms with E-state index in [1.807, 2.05) is 12.1 Å². The molecule has 0 spiro atoms. The quantitative estimate of drug-likeness (QED) is 0.200. The summed E-state index contributed by atoms with van der Waals surface area (Å²) in [6.07, 6.45) is 0. The number of aromatic nitrogens is 3. The maximum Gasteiger partial charge on any atom is 0.165 e. The van der Waals surface area contributed by atoms with E-state index in [1.165, 1.54) is 60.8 Å². The molecule has 3 heterocycles. The van der Waals surface area contributed by atoms with E-state index in [0.717, 1.165) is 33.6 Å². The van der Waals surface area contributed by atoms with E-state index in [-0.39, 0.29) is 5.41 Å². The van der Waals surface area contributed by atoms with Crippen LogP contribution in [0.15, 0.2) is 127 Å². The second-order valence-corrected chi connectivity index (χ2v) is 12.6. The lowest BCUT2D eigenvalue weighted by molar-refractivity contribution is 0.660. The van der Waals surface area contributed by atoms with Crippen LogP contribution in [0.2, 0.25) is 0 Å². The molecule has 1 aliphatic carbocycles. The molecule has 10 rings (SSSR count). The Labute approximate surface area is 255 Å². The van der Waals surface area contributed by atoms with Gasteiger partial charge in [0.15, 0.2) is 5.82 Å². The smallest absolute Gasteiger partial charge is 0.165 e. The highest BCUT2D eigenvalue weighted by atomic mass is 15.1. The summed E-state index contributed by atoms with van der Waals surface area (Å²) >= 11 is 0. The number of hydrogen-bond donors (Lipinski definition) is 0. The molecule has 2 aliphatic rings. The SMILES string of the molecule is CC1(C)c2ccccc2-c2cc(-c3ccc4c5cccc6c5n(c4c3)-c3nc4ccccc4nc3-c3ccccc3-6)ccc21. The van der Waals surface area contributed by atoms with Crippen LogP contribution >= 0.6 is 0 Å². The van der Waals surface area contributed by atoms with E-state index >= 15 is 0 Å². The van der Waals surface area contributed by atoms with Crippen molar-refractivity contribution in [3.63, 3.8) is 0 Å². The largest absolute Gasteiger partial charge is 0.291 e. The van der Waals surface area contributed by atoms with Crippen molar-refractivity contribution >= 4 is 32.8 Å². The highest BCUT2D eigenvalue weighted by molar-refractivity contribution is 6.16. The molecule has 0 saturated heterocycles. The van der Waals surface area contributed by atoms with Crippen molar-refractivity contribution in [1.82, 2.24) is 14.5 Å². The van der Waals surface area contributed by atoms with Gasteiger partial charge in [-0.15, -0.1) is 0 Å². The standard InChI is InChI=1S/C41H27N3/c1-41(2)33-15-6-5-11-27(33)32-22-24(19-21-34(32)41)25-18-20-28-31-14-9-13-30-26-10-3-4-12-29(26)38-40(44(39(30)31)37(28)23-25)43-36-17-8-7-16-35(36)42-38/h3-23H,1-2H3. The van der Waals surface area contributed by atoms with Crippen LogP contribution in [0.25, 0.3) is 83.3 Å². The van der Waals surface area contributed by atoms with E-state index in [4.69, 9.17) is 9.97 Å².